The second-order valence-electron chi connectivity index (χ2n) is 10.1. The molecule has 1 unspecified atom stereocenters. The van der Waals surface area contributed by atoms with Gasteiger partial charge in [0, 0.05) is 44.8 Å². The average molecular weight is 441 g/mol. The van der Waals surface area contributed by atoms with Crippen LogP contribution in [0.1, 0.15) is 75.3 Å². The number of carbonyl (C=O) groups excluding carboxylic acids is 2. The van der Waals surface area contributed by atoms with Crippen molar-refractivity contribution in [3.8, 4) is 0 Å². The number of carbonyl (C=O) groups is 2. The molecular weight excluding hydrogens is 400 g/mol. The maximum Gasteiger partial charge on any atom is 0.320 e. The predicted molar refractivity (Wildman–Crippen MR) is 129 cm³/mol. The van der Waals surface area contributed by atoms with Gasteiger partial charge in [0.05, 0.1) is 0 Å². The zero-order valence-corrected chi connectivity index (χ0v) is 19.9. The molecule has 1 saturated carbocycles. The molecule has 1 saturated heterocycles. The predicted octanol–water partition coefficient (Wildman–Crippen LogP) is 4.46. The number of unbranched alkanes of at least 4 members (excludes halogenated alkanes) is 1. The number of urea groups is 1. The van der Waals surface area contributed by atoms with E-state index in [1.807, 2.05) is 6.07 Å². The SMILES string of the molecule is CC(=O)Nc1ccc2c(c1)C(CN(C)CCCCN1CCN(C3CCCCC3)C1=O)CC2. The molecule has 1 aliphatic heterocycles. The number of amides is 3. The monoisotopic (exact) mass is 440 g/mol. The highest BCUT2D eigenvalue weighted by Gasteiger charge is 2.33. The number of anilines is 1. The molecule has 1 atom stereocenters. The largest absolute Gasteiger partial charge is 0.326 e. The number of benzene rings is 1. The summed E-state index contributed by atoms with van der Waals surface area (Å²) >= 11 is 0. The molecule has 1 heterocycles. The number of aryl methyl sites for hydroxylation is 1. The molecule has 1 N–H and O–H groups in total. The molecule has 0 aromatic heterocycles. The van der Waals surface area contributed by atoms with E-state index in [2.05, 4.69) is 39.2 Å². The van der Waals surface area contributed by atoms with Crippen molar-refractivity contribution < 1.29 is 9.59 Å². The quantitative estimate of drug-likeness (QED) is 0.577. The van der Waals surface area contributed by atoms with Gasteiger partial charge in [0.1, 0.15) is 0 Å². The van der Waals surface area contributed by atoms with Gasteiger partial charge in [-0.25, -0.2) is 4.79 Å². The molecule has 4 rings (SSSR count). The third kappa shape index (κ3) is 5.64. The van der Waals surface area contributed by atoms with Crippen LogP contribution in [-0.2, 0) is 11.2 Å². The fraction of sp³-hybridized carbons (Fsp3) is 0.692. The first kappa shape index (κ1) is 23.1. The average Bonchev–Trinajstić information content (AvgIpc) is 3.34. The summed E-state index contributed by atoms with van der Waals surface area (Å²) in [6, 6.07) is 7.13. The summed E-state index contributed by atoms with van der Waals surface area (Å²) in [5.41, 5.74) is 3.73. The standard InChI is InChI=1S/C26H40N4O2/c1-20(31)27-23-13-12-21-10-11-22(25(21)18-23)19-28(2)14-6-7-15-29-16-17-30(26(29)32)24-8-4-3-5-9-24/h12-13,18,22,24H,3-11,14-17,19H2,1-2H3,(H,27,31). The van der Waals surface area contributed by atoms with Crippen molar-refractivity contribution in [3.63, 3.8) is 0 Å². The molecule has 2 fully saturated rings. The fourth-order valence-corrected chi connectivity index (χ4v) is 5.85. The molecule has 2 aliphatic carbocycles. The first-order chi connectivity index (χ1) is 15.5. The molecule has 0 bridgehead atoms. The van der Waals surface area contributed by atoms with Crippen LogP contribution >= 0.6 is 0 Å². The molecule has 0 radical (unpaired) electrons. The number of hydrogen-bond acceptors (Lipinski definition) is 3. The highest BCUT2D eigenvalue weighted by atomic mass is 16.2. The second-order valence-corrected chi connectivity index (χ2v) is 10.1. The number of rotatable bonds is 9. The number of hydrogen-bond donors (Lipinski definition) is 1. The van der Waals surface area contributed by atoms with E-state index in [4.69, 9.17) is 0 Å². The van der Waals surface area contributed by atoms with Gasteiger partial charge in [0.2, 0.25) is 5.91 Å². The Morgan fingerprint density at radius 2 is 1.94 bits per heavy atom. The van der Waals surface area contributed by atoms with Crippen molar-refractivity contribution in [1.29, 1.82) is 0 Å². The van der Waals surface area contributed by atoms with Crippen molar-refractivity contribution in [2.45, 2.75) is 76.7 Å². The number of nitrogens with one attached hydrogen (secondary N) is 1. The van der Waals surface area contributed by atoms with Gasteiger partial charge >= 0.3 is 6.03 Å². The zero-order chi connectivity index (χ0) is 22.5. The lowest BCUT2D eigenvalue weighted by molar-refractivity contribution is -0.114. The van der Waals surface area contributed by atoms with Gasteiger partial charge < -0.3 is 20.0 Å². The molecule has 6 heteroatoms. The summed E-state index contributed by atoms with van der Waals surface area (Å²) < 4.78 is 0. The third-order valence-electron chi connectivity index (χ3n) is 7.56. The molecule has 32 heavy (non-hydrogen) atoms. The molecule has 6 nitrogen and oxygen atoms in total. The highest BCUT2D eigenvalue weighted by molar-refractivity contribution is 5.88. The molecular formula is C26H40N4O2. The molecule has 1 aromatic carbocycles. The topological polar surface area (TPSA) is 55.9 Å². The lowest BCUT2D eigenvalue weighted by Crippen LogP contribution is -2.40. The lowest BCUT2D eigenvalue weighted by Gasteiger charge is -2.30. The normalized spacial score (nSPS) is 21.5. The van der Waals surface area contributed by atoms with Crippen LogP contribution in [0, 0.1) is 0 Å². The number of fused-ring (bicyclic) bond motifs is 1. The summed E-state index contributed by atoms with van der Waals surface area (Å²) in [5.74, 6) is 0.517. The van der Waals surface area contributed by atoms with E-state index in [9.17, 15) is 9.59 Å². The van der Waals surface area contributed by atoms with Crippen molar-refractivity contribution in [2.75, 3.05) is 45.1 Å². The van der Waals surface area contributed by atoms with Gasteiger partial charge in [0.25, 0.3) is 0 Å². The maximum absolute atomic E-state index is 12.8. The molecule has 1 aromatic rings. The van der Waals surface area contributed by atoms with Crippen LogP contribution < -0.4 is 5.32 Å². The van der Waals surface area contributed by atoms with E-state index in [1.165, 1.54) is 49.7 Å². The first-order valence-corrected chi connectivity index (χ1v) is 12.7. The van der Waals surface area contributed by atoms with Gasteiger partial charge in [-0.1, -0.05) is 25.3 Å². The van der Waals surface area contributed by atoms with Gasteiger partial charge in [-0.2, -0.15) is 0 Å². The summed E-state index contributed by atoms with van der Waals surface area (Å²) in [5, 5.41) is 2.92. The Morgan fingerprint density at radius 1 is 1.12 bits per heavy atom. The van der Waals surface area contributed by atoms with E-state index in [1.54, 1.807) is 6.92 Å². The maximum atomic E-state index is 12.8. The van der Waals surface area contributed by atoms with E-state index in [-0.39, 0.29) is 11.9 Å². The molecule has 0 spiro atoms. The van der Waals surface area contributed by atoms with Crippen LogP contribution in [0.5, 0.6) is 0 Å². The van der Waals surface area contributed by atoms with E-state index >= 15 is 0 Å². The molecule has 176 valence electrons. The highest BCUT2D eigenvalue weighted by Crippen LogP contribution is 2.35. The summed E-state index contributed by atoms with van der Waals surface area (Å²) in [7, 11) is 2.21. The Kier molecular flexibility index (Phi) is 7.71. The number of nitrogens with zero attached hydrogens (tertiary/aromatic N) is 3. The number of likely N-dealkylation sites (N-methyl/N-ethyl adjacent to an activating group) is 1. The van der Waals surface area contributed by atoms with E-state index < -0.39 is 0 Å². The van der Waals surface area contributed by atoms with Gasteiger partial charge in [-0.3, -0.25) is 4.79 Å². The Bertz CT molecular complexity index is 805. The minimum Gasteiger partial charge on any atom is -0.326 e. The van der Waals surface area contributed by atoms with Crippen LogP contribution in [0.3, 0.4) is 0 Å². The van der Waals surface area contributed by atoms with Crippen molar-refractivity contribution in [1.82, 2.24) is 14.7 Å². The summed E-state index contributed by atoms with van der Waals surface area (Å²) in [4.78, 5) is 30.8. The van der Waals surface area contributed by atoms with Crippen LogP contribution in [0.4, 0.5) is 10.5 Å². The molecule has 3 amide bonds. The van der Waals surface area contributed by atoms with Crippen LogP contribution in [0.15, 0.2) is 18.2 Å². The summed E-state index contributed by atoms with van der Waals surface area (Å²) in [6.45, 7) is 6.38. The van der Waals surface area contributed by atoms with Gasteiger partial charge in [-0.05, 0) is 81.3 Å². The Morgan fingerprint density at radius 3 is 2.72 bits per heavy atom. The van der Waals surface area contributed by atoms with Crippen LogP contribution in [0.25, 0.3) is 0 Å². The Labute approximate surface area is 193 Å². The van der Waals surface area contributed by atoms with Crippen molar-refractivity contribution >= 4 is 17.6 Å². The minimum atomic E-state index is -0.0186. The first-order valence-electron chi connectivity index (χ1n) is 12.7. The second kappa shape index (κ2) is 10.7. The Hall–Kier alpha value is -2.08. The molecule has 3 aliphatic rings. The minimum absolute atomic E-state index is 0.0186. The lowest BCUT2D eigenvalue weighted by atomic mass is 9.94. The van der Waals surface area contributed by atoms with Crippen molar-refractivity contribution in [2.24, 2.45) is 0 Å². The van der Waals surface area contributed by atoms with Crippen LogP contribution in [-0.4, -0.2) is 72.5 Å². The Balaban J connectivity index is 1.18. The summed E-state index contributed by atoms with van der Waals surface area (Å²) in [6.07, 6.45) is 10.8. The van der Waals surface area contributed by atoms with Gasteiger partial charge in [-0.15, -0.1) is 0 Å². The fourth-order valence-electron chi connectivity index (χ4n) is 5.85. The van der Waals surface area contributed by atoms with Crippen molar-refractivity contribution in [3.05, 3.63) is 29.3 Å². The van der Waals surface area contributed by atoms with E-state index in [0.717, 1.165) is 57.7 Å². The van der Waals surface area contributed by atoms with Gasteiger partial charge in [0.15, 0.2) is 0 Å². The van der Waals surface area contributed by atoms with Crippen LogP contribution in [0.2, 0.25) is 0 Å². The third-order valence-corrected chi connectivity index (χ3v) is 7.56. The smallest absolute Gasteiger partial charge is 0.320 e. The van der Waals surface area contributed by atoms with E-state index in [0.29, 0.717) is 12.0 Å². The zero-order valence-electron chi connectivity index (χ0n) is 19.9.